The number of hydrogen-bond acceptors (Lipinski definition) is 7. The number of nitrogens with zero attached hydrogens (tertiary/aromatic N) is 4. The molecule has 0 unspecified atom stereocenters. The van der Waals surface area contributed by atoms with Gasteiger partial charge in [0.15, 0.2) is 17.2 Å². The molecule has 0 atom stereocenters. The summed E-state index contributed by atoms with van der Waals surface area (Å²) in [5.74, 6) is -0.916. The van der Waals surface area contributed by atoms with Gasteiger partial charge < -0.3 is 15.0 Å². The van der Waals surface area contributed by atoms with Crippen LogP contribution in [0.5, 0.6) is 11.5 Å². The normalized spacial score (nSPS) is 15.0. The maximum absolute atomic E-state index is 14.5. The molecule has 1 fully saturated rings. The number of rotatable bonds is 8. The van der Waals surface area contributed by atoms with E-state index in [4.69, 9.17) is 4.74 Å². The number of halogens is 2. The van der Waals surface area contributed by atoms with Crippen molar-refractivity contribution in [3.05, 3.63) is 66.1 Å². The van der Waals surface area contributed by atoms with Gasteiger partial charge in [0.25, 0.3) is 0 Å². The highest BCUT2D eigenvalue weighted by Crippen LogP contribution is 2.38. The Morgan fingerprint density at radius 2 is 1.79 bits per heavy atom. The van der Waals surface area contributed by atoms with Gasteiger partial charge in [0, 0.05) is 35.1 Å². The number of fused-ring (bicyclic) bond motifs is 1. The molecule has 2 aromatic heterocycles. The molecule has 0 spiro atoms. The summed E-state index contributed by atoms with van der Waals surface area (Å²) in [5, 5.41) is 12.2. The monoisotopic (exact) mass is 556 g/mol. The maximum Gasteiger partial charge on any atom is 0.232 e. The predicted octanol–water partition coefficient (Wildman–Crippen LogP) is 5.04. The Bertz CT molecular complexity index is 1620. The molecule has 0 aliphatic carbocycles. The molecule has 0 saturated carbocycles. The van der Waals surface area contributed by atoms with Gasteiger partial charge in [0.2, 0.25) is 10.0 Å². The van der Waals surface area contributed by atoms with Crippen LogP contribution in [0.3, 0.4) is 0 Å². The Morgan fingerprint density at radius 1 is 1.05 bits per heavy atom. The molecule has 0 radical (unpaired) electrons. The topological polar surface area (TPSA) is 101 Å². The number of nitrogens with one attached hydrogen (secondary N) is 2. The molecular weight excluding hydrogens is 526 g/mol. The van der Waals surface area contributed by atoms with Gasteiger partial charge in [-0.1, -0.05) is 0 Å². The van der Waals surface area contributed by atoms with E-state index in [2.05, 4.69) is 32.2 Å². The van der Waals surface area contributed by atoms with Gasteiger partial charge in [-0.3, -0.25) is 9.12 Å². The Morgan fingerprint density at radius 3 is 2.51 bits per heavy atom. The van der Waals surface area contributed by atoms with E-state index in [1.54, 1.807) is 19.1 Å². The van der Waals surface area contributed by atoms with Crippen LogP contribution in [0.2, 0.25) is 0 Å². The lowest BCUT2D eigenvalue weighted by atomic mass is 10.0. The first kappa shape index (κ1) is 26.8. The lowest BCUT2D eigenvalue weighted by Crippen LogP contribution is -2.36. The molecule has 2 N–H and O–H groups in total. The van der Waals surface area contributed by atoms with Gasteiger partial charge in [-0.25, -0.2) is 17.2 Å². The molecule has 0 bridgehead atoms. The van der Waals surface area contributed by atoms with Crippen molar-refractivity contribution in [3.63, 3.8) is 0 Å². The largest absolute Gasteiger partial charge is 0.454 e. The number of benzene rings is 2. The molecule has 206 valence electrons. The summed E-state index contributed by atoms with van der Waals surface area (Å²) in [6.07, 6.45) is 3.75. The van der Waals surface area contributed by atoms with Crippen LogP contribution in [0, 0.1) is 18.6 Å². The van der Waals surface area contributed by atoms with E-state index >= 15 is 0 Å². The zero-order chi connectivity index (χ0) is 27.7. The first-order chi connectivity index (χ1) is 18.6. The van der Waals surface area contributed by atoms with Crippen LogP contribution in [0.4, 0.5) is 20.2 Å². The SMILES string of the molecule is CCS(=O)(=O)Nc1ccc(Oc2ccc(F)cc2F)c(-c2cc(NC3CCN(C)CC3)c3nnc(C)n3c2)c1. The lowest BCUT2D eigenvalue weighted by molar-refractivity contribution is 0.264. The van der Waals surface area contributed by atoms with Crippen molar-refractivity contribution >= 4 is 27.0 Å². The van der Waals surface area contributed by atoms with Gasteiger partial charge >= 0.3 is 0 Å². The average Bonchev–Trinajstić information content (AvgIpc) is 3.28. The van der Waals surface area contributed by atoms with E-state index < -0.39 is 21.7 Å². The summed E-state index contributed by atoms with van der Waals surface area (Å²) in [6, 6.07) is 9.93. The number of aromatic nitrogens is 3. The third kappa shape index (κ3) is 5.96. The van der Waals surface area contributed by atoms with Crippen LogP contribution >= 0.6 is 0 Å². The first-order valence-electron chi connectivity index (χ1n) is 12.7. The van der Waals surface area contributed by atoms with Crippen molar-refractivity contribution in [3.8, 4) is 22.6 Å². The Hall–Kier alpha value is -3.77. The molecule has 1 aliphatic heterocycles. The van der Waals surface area contributed by atoms with Crippen molar-refractivity contribution < 1.29 is 21.9 Å². The number of aryl methyl sites for hydroxylation is 1. The van der Waals surface area contributed by atoms with Gasteiger partial charge in [-0.15, -0.1) is 10.2 Å². The highest BCUT2D eigenvalue weighted by atomic mass is 32.2. The molecule has 9 nitrogen and oxygen atoms in total. The molecule has 3 heterocycles. The summed E-state index contributed by atoms with van der Waals surface area (Å²) in [7, 11) is -1.45. The summed E-state index contributed by atoms with van der Waals surface area (Å²) >= 11 is 0. The minimum Gasteiger partial charge on any atom is -0.454 e. The Kier molecular flexibility index (Phi) is 7.41. The van der Waals surface area contributed by atoms with Crippen molar-refractivity contribution in [2.24, 2.45) is 0 Å². The van der Waals surface area contributed by atoms with Crippen LogP contribution in [-0.4, -0.2) is 59.8 Å². The minimum absolute atomic E-state index is 0.0993. The van der Waals surface area contributed by atoms with Crippen LogP contribution in [-0.2, 0) is 10.0 Å². The molecule has 4 aromatic rings. The van der Waals surface area contributed by atoms with Gasteiger partial charge in [0.1, 0.15) is 17.4 Å². The van der Waals surface area contributed by atoms with Crippen molar-refractivity contribution in [1.82, 2.24) is 19.5 Å². The van der Waals surface area contributed by atoms with Crippen LogP contribution in [0.25, 0.3) is 16.8 Å². The smallest absolute Gasteiger partial charge is 0.232 e. The van der Waals surface area contributed by atoms with E-state index in [-0.39, 0.29) is 23.3 Å². The molecule has 39 heavy (non-hydrogen) atoms. The predicted molar refractivity (Wildman–Crippen MR) is 147 cm³/mol. The van der Waals surface area contributed by atoms with Crippen LogP contribution < -0.4 is 14.8 Å². The maximum atomic E-state index is 14.5. The van der Waals surface area contributed by atoms with E-state index in [0.29, 0.717) is 28.3 Å². The number of hydrogen-bond donors (Lipinski definition) is 2. The standard InChI is InChI=1S/C27H30F2N6O3S/c1-4-39(36,37)33-21-6-8-25(38-26-7-5-19(28)14-23(26)29)22(15-21)18-13-24(27-32-31-17(2)35(27)16-18)30-20-9-11-34(3)12-10-20/h5-8,13-16,20,30,33H,4,9-12H2,1-3H3. The molecule has 2 aromatic carbocycles. The molecule has 5 rings (SSSR count). The van der Waals surface area contributed by atoms with Gasteiger partial charge in [-0.05, 0) is 83.2 Å². The minimum atomic E-state index is -3.55. The average molecular weight is 557 g/mol. The summed E-state index contributed by atoms with van der Waals surface area (Å²) < 4.78 is 62.9. The fourth-order valence-electron chi connectivity index (χ4n) is 4.57. The zero-order valence-corrected chi connectivity index (χ0v) is 22.7. The first-order valence-corrected chi connectivity index (χ1v) is 14.4. The number of sulfonamides is 1. The summed E-state index contributed by atoms with van der Waals surface area (Å²) in [4.78, 5) is 2.28. The highest BCUT2D eigenvalue weighted by molar-refractivity contribution is 7.92. The fourth-order valence-corrected chi connectivity index (χ4v) is 5.20. The number of anilines is 2. The number of likely N-dealkylation sites (tertiary alicyclic amines) is 1. The van der Waals surface area contributed by atoms with Crippen LogP contribution in [0.15, 0.2) is 48.7 Å². The summed E-state index contributed by atoms with van der Waals surface area (Å²) in [5.41, 5.74) is 2.91. The zero-order valence-electron chi connectivity index (χ0n) is 21.9. The third-order valence-electron chi connectivity index (χ3n) is 6.81. The number of pyridine rings is 1. The lowest BCUT2D eigenvalue weighted by Gasteiger charge is -2.30. The molecule has 1 aliphatic rings. The summed E-state index contributed by atoms with van der Waals surface area (Å²) in [6.45, 7) is 5.32. The Balaban J connectivity index is 1.62. The van der Waals surface area contributed by atoms with Crippen molar-refractivity contribution in [2.75, 3.05) is 35.9 Å². The van der Waals surface area contributed by atoms with Gasteiger partial charge in [-0.2, -0.15) is 0 Å². The van der Waals surface area contributed by atoms with E-state index in [1.165, 1.54) is 12.1 Å². The second-order valence-corrected chi connectivity index (χ2v) is 11.7. The molecule has 1 saturated heterocycles. The molecule has 12 heteroatoms. The quantitative estimate of drug-likeness (QED) is 0.314. The third-order valence-corrected chi connectivity index (χ3v) is 8.12. The van der Waals surface area contributed by atoms with Crippen molar-refractivity contribution in [2.45, 2.75) is 32.7 Å². The number of ether oxygens (including phenoxy) is 1. The van der Waals surface area contributed by atoms with E-state index in [1.807, 2.05) is 23.6 Å². The second-order valence-electron chi connectivity index (χ2n) is 9.70. The highest BCUT2D eigenvalue weighted by Gasteiger charge is 2.21. The van der Waals surface area contributed by atoms with Crippen molar-refractivity contribution in [1.29, 1.82) is 0 Å². The molecular formula is C27H30F2N6O3S. The Labute approximate surface area is 225 Å². The fraction of sp³-hybridized carbons (Fsp3) is 0.333. The van der Waals surface area contributed by atoms with E-state index in [0.717, 1.165) is 43.8 Å². The second kappa shape index (κ2) is 10.8. The van der Waals surface area contributed by atoms with E-state index in [9.17, 15) is 17.2 Å². The molecule has 0 amide bonds. The van der Waals surface area contributed by atoms with Gasteiger partial charge in [0.05, 0.1) is 11.4 Å². The number of piperidine rings is 1. The van der Waals surface area contributed by atoms with Crippen LogP contribution in [0.1, 0.15) is 25.6 Å².